The molecule has 22 heavy (non-hydrogen) atoms. The third kappa shape index (κ3) is 3.98. The van der Waals surface area contributed by atoms with Gasteiger partial charge in [-0.2, -0.15) is 5.10 Å². The van der Waals surface area contributed by atoms with E-state index in [1.165, 1.54) is 0 Å². The Balaban J connectivity index is 1.99. The Kier molecular flexibility index (Phi) is 5.38. The number of aromatic nitrogens is 2. The number of nitrogens with one attached hydrogen (secondary N) is 2. The fourth-order valence-electron chi connectivity index (χ4n) is 2.00. The molecule has 0 aliphatic carbocycles. The van der Waals surface area contributed by atoms with Gasteiger partial charge in [-0.1, -0.05) is 25.1 Å². The van der Waals surface area contributed by atoms with Gasteiger partial charge in [-0.25, -0.2) is 5.10 Å². The van der Waals surface area contributed by atoms with E-state index in [0.717, 1.165) is 4.90 Å². The molecule has 1 aromatic carbocycles. The molecular weight excluding hydrogens is 298 g/mol. The van der Waals surface area contributed by atoms with Crippen molar-refractivity contribution in [1.82, 2.24) is 15.5 Å². The number of carbonyl (C=O) groups excluding carboxylic acids is 1. The van der Waals surface area contributed by atoms with Crippen LogP contribution in [0, 0.1) is 13.8 Å². The maximum Gasteiger partial charge on any atom is 0.277 e. The van der Waals surface area contributed by atoms with E-state index in [2.05, 4.69) is 15.5 Å². The second kappa shape index (κ2) is 7.26. The molecule has 2 N–H and O–H groups in total. The molecule has 1 heterocycles. The van der Waals surface area contributed by atoms with Crippen LogP contribution < -0.4 is 10.9 Å². The molecule has 5 nitrogen and oxygen atoms in total. The van der Waals surface area contributed by atoms with Gasteiger partial charge in [0.15, 0.2) is 0 Å². The van der Waals surface area contributed by atoms with Crippen molar-refractivity contribution in [2.45, 2.75) is 30.9 Å². The molecule has 0 unspecified atom stereocenters. The van der Waals surface area contributed by atoms with E-state index in [1.807, 2.05) is 37.3 Å². The zero-order valence-corrected chi connectivity index (χ0v) is 13.7. The lowest BCUT2D eigenvalue weighted by Crippen LogP contribution is -2.34. The van der Waals surface area contributed by atoms with Crippen LogP contribution in [0.5, 0.6) is 0 Å². The van der Waals surface area contributed by atoms with Crippen LogP contribution in [0.2, 0.25) is 0 Å². The average Bonchev–Trinajstić information content (AvgIpc) is 2.50. The first-order chi connectivity index (χ1) is 10.5. The topological polar surface area (TPSA) is 74.8 Å². The van der Waals surface area contributed by atoms with Crippen LogP contribution in [0.15, 0.2) is 40.0 Å². The maximum atomic E-state index is 12.2. The van der Waals surface area contributed by atoms with Gasteiger partial charge in [0.25, 0.3) is 11.5 Å². The molecule has 2 rings (SSSR count). The number of aromatic amines is 1. The summed E-state index contributed by atoms with van der Waals surface area (Å²) in [7, 11) is 0. The van der Waals surface area contributed by atoms with E-state index < -0.39 is 5.56 Å². The number of rotatable bonds is 5. The lowest BCUT2D eigenvalue weighted by atomic mass is 10.1. The number of aryl methyl sites for hydroxylation is 1. The molecule has 0 saturated heterocycles. The molecule has 0 bridgehead atoms. The molecule has 1 atom stereocenters. The number of H-pyrrole nitrogens is 1. The molecule has 0 aliphatic rings. The second-order valence-electron chi connectivity index (χ2n) is 5.09. The summed E-state index contributed by atoms with van der Waals surface area (Å²) in [6.07, 6.45) is 0. The Morgan fingerprint density at radius 1 is 1.32 bits per heavy atom. The van der Waals surface area contributed by atoms with Gasteiger partial charge in [-0.15, -0.1) is 11.8 Å². The van der Waals surface area contributed by atoms with Crippen molar-refractivity contribution in [1.29, 1.82) is 0 Å². The highest BCUT2D eigenvalue weighted by atomic mass is 32.2. The SMILES string of the molecule is Cc1n[nH]c(=O)c(C(=O)NC[C@H](C)Sc2ccccc2)c1C. The number of amides is 1. The summed E-state index contributed by atoms with van der Waals surface area (Å²) in [4.78, 5) is 25.2. The largest absolute Gasteiger partial charge is 0.351 e. The number of nitrogens with zero attached hydrogens (tertiary/aromatic N) is 1. The van der Waals surface area contributed by atoms with Crippen molar-refractivity contribution < 1.29 is 4.79 Å². The number of hydrogen-bond acceptors (Lipinski definition) is 4. The summed E-state index contributed by atoms with van der Waals surface area (Å²) < 4.78 is 0. The van der Waals surface area contributed by atoms with Gasteiger partial charge in [0.05, 0.1) is 5.69 Å². The molecule has 0 saturated carbocycles. The lowest BCUT2D eigenvalue weighted by Gasteiger charge is -2.13. The van der Waals surface area contributed by atoms with E-state index in [1.54, 1.807) is 25.6 Å². The monoisotopic (exact) mass is 317 g/mol. The molecule has 116 valence electrons. The minimum Gasteiger partial charge on any atom is -0.351 e. The third-order valence-corrected chi connectivity index (χ3v) is 4.44. The maximum absolute atomic E-state index is 12.2. The highest BCUT2D eigenvalue weighted by Gasteiger charge is 2.16. The van der Waals surface area contributed by atoms with Gasteiger partial charge >= 0.3 is 0 Å². The van der Waals surface area contributed by atoms with Crippen LogP contribution in [0.3, 0.4) is 0 Å². The summed E-state index contributed by atoms with van der Waals surface area (Å²) in [5.74, 6) is -0.357. The van der Waals surface area contributed by atoms with Crippen molar-refractivity contribution >= 4 is 17.7 Å². The van der Waals surface area contributed by atoms with Crippen LogP contribution in [0.25, 0.3) is 0 Å². The molecule has 2 aromatic rings. The van der Waals surface area contributed by atoms with Crippen LogP contribution in [-0.2, 0) is 0 Å². The van der Waals surface area contributed by atoms with E-state index in [0.29, 0.717) is 17.8 Å². The first kappa shape index (κ1) is 16.3. The summed E-state index contributed by atoms with van der Waals surface area (Å²) in [5.41, 5.74) is 0.953. The first-order valence-electron chi connectivity index (χ1n) is 7.05. The Morgan fingerprint density at radius 2 is 2.00 bits per heavy atom. The van der Waals surface area contributed by atoms with E-state index >= 15 is 0 Å². The van der Waals surface area contributed by atoms with E-state index in [4.69, 9.17) is 0 Å². The zero-order chi connectivity index (χ0) is 16.1. The Bertz CT molecular complexity index is 713. The van der Waals surface area contributed by atoms with Crippen LogP contribution >= 0.6 is 11.8 Å². The number of hydrogen-bond donors (Lipinski definition) is 2. The standard InChI is InChI=1S/C16H19N3O2S/c1-10(22-13-7-5-4-6-8-13)9-17-15(20)14-11(2)12(3)18-19-16(14)21/h4-8,10H,9H2,1-3H3,(H,17,20)(H,19,21)/t10-/m0/s1. The van der Waals surface area contributed by atoms with Crippen molar-refractivity contribution in [3.8, 4) is 0 Å². The Morgan fingerprint density at radius 3 is 2.68 bits per heavy atom. The van der Waals surface area contributed by atoms with Crippen molar-refractivity contribution in [3.63, 3.8) is 0 Å². The Hall–Kier alpha value is -2.08. The molecule has 1 amide bonds. The minimum atomic E-state index is -0.455. The van der Waals surface area contributed by atoms with Crippen LogP contribution in [0.1, 0.15) is 28.5 Å². The van der Waals surface area contributed by atoms with Gasteiger partial charge in [0.2, 0.25) is 0 Å². The molecule has 0 aliphatic heterocycles. The zero-order valence-electron chi connectivity index (χ0n) is 12.8. The van der Waals surface area contributed by atoms with Gasteiger partial charge in [0, 0.05) is 16.7 Å². The third-order valence-electron chi connectivity index (χ3n) is 3.33. The highest BCUT2D eigenvalue weighted by molar-refractivity contribution is 8.00. The summed E-state index contributed by atoms with van der Waals surface area (Å²) in [5, 5.41) is 9.22. The number of carbonyl (C=O) groups is 1. The summed E-state index contributed by atoms with van der Waals surface area (Å²) in [6.45, 7) is 6.01. The molecular formula is C16H19N3O2S. The lowest BCUT2D eigenvalue weighted by molar-refractivity contribution is 0.0951. The molecule has 0 fully saturated rings. The minimum absolute atomic E-state index is 0.143. The smallest absolute Gasteiger partial charge is 0.277 e. The molecule has 0 spiro atoms. The van der Waals surface area contributed by atoms with Crippen LogP contribution in [0.4, 0.5) is 0 Å². The first-order valence-corrected chi connectivity index (χ1v) is 7.92. The fourth-order valence-corrected chi connectivity index (χ4v) is 2.94. The van der Waals surface area contributed by atoms with Gasteiger partial charge in [-0.05, 0) is 31.5 Å². The summed E-state index contributed by atoms with van der Waals surface area (Å²) in [6, 6.07) is 10.00. The molecule has 0 radical (unpaired) electrons. The van der Waals surface area contributed by atoms with Crippen molar-refractivity contribution in [3.05, 3.63) is 57.5 Å². The van der Waals surface area contributed by atoms with E-state index in [-0.39, 0.29) is 16.7 Å². The van der Waals surface area contributed by atoms with Crippen molar-refractivity contribution in [2.75, 3.05) is 6.54 Å². The van der Waals surface area contributed by atoms with Gasteiger partial charge in [-0.3, -0.25) is 9.59 Å². The quantitative estimate of drug-likeness (QED) is 0.830. The highest BCUT2D eigenvalue weighted by Crippen LogP contribution is 2.22. The van der Waals surface area contributed by atoms with Gasteiger partial charge in [0.1, 0.15) is 5.56 Å². The number of benzene rings is 1. The second-order valence-corrected chi connectivity index (χ2v) is 6.60. The van der Waals surface area contributed by atoms with Gasteiger partial charge < -0.3 is 5.32 Å². The molecule has 6 heteroatoms. The van der Waals surface area contributed by atoms with Crippen molar-refractivity contribution in [2.24, 2.45) is 0 Å². The number of thioether (sulfide) groups is 1. The van der Waals surface area contributed by atoms with E-state index in [9.17, 15) is 9.59 Å². The fraction of sp³-hybridized carbons (Fsp3) is 0.312. The predicted octanol–water partition coefficient (Wildman–Crippen LogP) is 2.30. The predicted molar refractivity (Wildman–Crippen MR) is 88.4 cm³/mol. The Labute approximate surface area is 133 Å². The average molecular weight is 317 g/mol. The normalized spacial score (nSPS) is 12.0. The summed E-state index contributed by atoms with van der Waals surface area (Å²) >= 11 is 1.68. The molecule has 1 aromatic heterocycles. The van der Waals surface area contributed by atoms with Crippen LogP contribution in [-0.4, -0.2) is 27.9 Å².